The van der Waals surface area contributed by atoms with Crippen LogP contribution in [0.2, 0.25) is 0 Å². The van der Waals surface area contributed by atoms with E-state index in [0.29, 0.717) is 0 Å². The predicted octanol–water partition coefficient (Wildman–Crippen LogP) is -1.12. The predicted molar refractivity (Wildman–Crippen MR) is 13.6 cm³/mol. The fourth-order valence-electron chi connectivity index (χ4n) is 0. The number of hydrogen-bond acceptors (Lipinski definition) is 0. The molecule has 0 saturated carbocycles. The number of rotatable bonds is 0. The smallest absolute Gasteiger partial charge is 2.00 e. The Labute approximate surface area is 66.3 Å². The zero-order valence-corrected chi connectivity index (χ0v) is 8.10. The van der Waals surface area contributed by atoms with E-state index in [1.54, 1.807) is 0 Å². The van der Waals surface area contributed by atoms with E-state index in [9.17, 15) is 0 Å². The van der Waals surface area contributed by atoms with Gasteiger partial charge in [-0.05, 0) is 0 Å². The Hall–Kier alpha value is 1.57. The van der Waals surface area contributed by atoms with Crippen LogP contribution in [0.3, 0.4) is 0 Å². The third kappa shape index (κ3) is 28.8. The molecular weight excluding hydrogens is 285 g/mol. The zero-order valence-electron chi connectivity index (χ0n) is 2.25. The second-order valence-electron chi connectivity index (χ2n) is 0. The molecule has 0 saturated heterocycles. The van der Waals surface area contributed by atoms with Crippen molar-refractivity contribution in [2.24, 2.45) is 0 Å². The van der Waals surface area contributed by atoms with E-state index >= 15 is 0 Å². The van der Waals surface area contributed by atoms with Crippen LogP contribution in [0.25, 0.3) is 0 Å². The van der Waals surface area contributed by atoms with Gasteiger partial charge in [-0.1, -0.05) is 0 Å². The average molecular weight is 285 g/mol. The molecule has 5 heteroatoms. The van der Waals surface area contributed by atoms with E-state index in [1.165, 1.54) is 0 Å². The molecule has 0 rings (SSSR count). The molecule has 0 aliphatic rings. The molecule has 0 N–H and O–H groups in total. The normalized spacial score (nSPS) is 0. The first-order valence-corrected chi connectivity index (χ1v) is 0. The van der Waals surface area contributed by atoms with Crippen LogP contribution in [0.1, 0.15) is 0 Å². The first kappa shape index (κ1) is 82.8. The maximum Gasteiger partial charge on any atom is 3.00 e. The van der Waals surface area contributed by atoms with Gasteiger partial charge in [-0.3, -0.25) is 0 Å². The Morgan fingerprint density at radius 3 is 0.600 bits per heavy atom. The van der Waals surface area contributed by atoms with Gasteiger partial charge >= 0.3 is 50.3 Å². The van der Waals surface area contributed by atoms with Crippen LogP contribution >= 0.6 is 0 Å². The summed E-state index contributed by atoms with van der Waals surface area (Å²) in [4.78, 5) is 0. The van der Waals surface area contributed by atoms with Gasteiger partial charge in [0.1, 0.15) is 0 Å². The molecule has 0 aromatic carbocycles. The van der Waals surface area contributed by atoms with E-state index in [2.05, 4.69) is 0 Å². The molecule has 0 aliphatic heterocycles. The fraction of sp³-hybridized carbons (Fsp3) is 0. The molecule has 0 aliphatic carbocycles. The standard InChI is InChI=1S/In.3O.Sb/q+3;3*-2;+3. The topological polar surface area (TPSA) is 85.5 Å². The summed E-state index contributed by atoms with van der Waals surface area (Å²) in [6, 6.07) is 0. The van der Waals surface area contributed by atoms with Crippen molar-refractivity contribution in [3.8, 4) is 0 Å². The Morgan fingerprint density at radius 2 is 0.600 bits per heavy atom. The summed E-state index contributed by atoms with van der Waals surface area (Å²) in [5, 5.41) is 0. The van der Waals surface area contributed by atoms with Crippen molar-refractivity contribution in [3.05, 3.63) is 0 Å². The summed E-state index contributed by atoms with van der Waals surface area (Å²) in [5.41, 5.74) is 0. The van der Waals surface area contributed by atoms with E-state index in [1.807, 2.05) is 0 Å². The second kappa shape index (κ2) is 47.2. The summed E-state index contributed by atoms with van der Waals surface area (Å²) in [5.74, 6) is 0. The summed E-state index contributed by atoms with van der Waals surface area (Å²) in [7, 11) is 0. The van der Waals surface area contributed by atoms with Crippen molar-refractivity contribution < 1.29 is 16.4 Å². The maximum absolute atomic E-state index is 0. The third-order valence-electron chi connectivity index (χ3n) is 0. The molecule has 0 atom stereocenters. The molecule has 0 amide bonds. The number of hydrogen-bond donors (Lipinski definition) is 0. The molecule has 0 aromatic heterocycles. The summed E-state index contributed by atoms with van der Waals surface area (Å²) in [6.07, 6.45) is 0. The van der Waals surface area contributed by atoms with Gasteiger partial charge < -0.3 is 16.4 Å². The minimum atomic E-state index is 0. The van der Waals surface area contributed by atoms with E-state index in [-0.39, 0.29) is 66.7 Å². The van der Waals surface area contributed by atoms with Crippen LogP contribution in [0, 0.1) is 0 Å². The molecule has 0 bridgehead atoms. The van der Waals surface area contributed by atoms with E-state index in [4.69, 9.17) is 0 Å². The Kier molecular flexibility index (Phi) is 782. The Bertz CT molecular complexity index is 6.85. The minimum Gasteiger partial charge on any atom is -2.00 e. The summed E-state index contributed by atoms with van der Waals surface area (Å²) >= 11 is 0. The van der Waals surface area contributed by atoms with Crippen molar-refractivity contribution in [2.75, 3.05) is 0 Å². The quantitative estimate of drug-likeness (QED) is 0.505. The average Bonchev–Trinajstić information content (AvgIpc) is 0. The van der Waals surface area contributed by atoms with Gasteiger partial charge in [-0.25, -0.2) is 0 Å². The molecule has 0 fully saturated rings. The van der Waals surface area contributed by atoms with E-state index in [0.717, 1.165) is 0 Å². The minimum absolute atomic E-state index is 0. The Balaban J connectivity index is 0. The van der Waals surface area contributed by atoms with Crippen molar-refractivity contribution in [3.63, 3.8) is 0 Å². The zero-order chi connectivity index (χ0) is 0. The van der Waals surface area contributed by atoms with Gasteiger partial charge in [0, 0.05) is 0 Å². The molecule has 26 valence electrons. The second-order valence-corrected chi connectivity index (χ2v) is 0. The Morgan fingerprint density at radius 1 is 0.600 bits per heavy atom. The first-order valence-electron chi connectivity index (χ1n) is 0. The third-order valence-corrected chi connectivity index (χ3v) is 0. The van der Waals surface area contributed by atoms with Gasteiger partial charge in [0.15, 0.2) is 0 Å². The fourth-order valence-corrected chi connectivity index (χ4v) is 0. The van der Waals surface area contributed by atoms with Crippen LogP contribution in [-0.2, 0) is 16.4 Å². The van der Waals surface area contributed by atoms with Crippen LogP contribution < -0.4 is 0 Å². The maximum atomic E-state index is 0. The van der Waals surface area contributed by atoms with Crippen LogP contribution in [0.5, 0.6) is 0 Å². The molecule has 0 unspecified atom stereocenters. The van der Waals surface area contributed by atoms with Gasteiger partial charge in [-0.15, -0.1) is 0 Å². The van der Waals surface area contributed by atoms with E-state index < -0.39 is 0 Å². The van der Waals surface area contributed by atoms with Crippen molar-refractivity contribution in [2.45, 2.75) is 0 Å². The van der Waals surface area contributed by atoms with Gasteiger partial charge in [0.05, 0.1) is 0 Å². The summed E-state index contributed by atoms with van der Waals surface area (Å²) < 4.78 is 0. The molecular formula is InO3Sb. The van der Waals surface area contributed by atoms with Gasteiger partial charge in [0.25, 0.3) is 0 Å². The van der Waals surface area contributed by atoms with Crippen molar-refractivity contribution in [1.29, 1.82) is 0 Å². The van der Waals surface area contributed by atoms with Gasteiger partial charge in [-0.2, -0.15) is 0 Å². The molecule has 0 spiro atoms. The monoisotopic (exact) mass is 284 g/mol. The largest absolute Gasteiger partial charge is 3.00 e. The van der Waals surface area contributed by atoms with Crippen LogP contribution in [0.4, 0.5) is 0 Å². The molecule has 2 radical (unpaired) electrons. The summed E-state index contributed by atoms with van der Waals surface area (Å²) in [6.45, 7) is 0. The molecule has 3 nitrogen and oxygen atoms in total. The van der Waals surface area contributed by atoms with Crippen molar-refractivity contribution >= 4 is 50.3 Å². The van der Waals surface area contributed by atoms with Crippen molar-refractivity contribution in [1.82, 2.24) is 0 Å². The van der Waals surface area contributed by atoms with Gasteiger partial charge in [0.2, 0.25) is 0 Å². The first-order chi connectivity index (χ1) is 0. The molecule has 0 aromatic rings. The molecule has 5 heavy (non-hydrogen) atoms. The molecule has 0 heterocycles. The van der Waals surface area contributed by atoms with Crippen LogP contribution in [-0.4, -0.2) is 50.3 Å². The SMILES string of the molecule is [In+3].[O-2].[O-2].[O-2].[Sb+3]. The van der Waals surface area contributed by atoms with Crippen LogP contribution in [0.15, 0.2) is 0 Å².